The standard InChI is InChI=1S/C17H29N/c1-5-13(3)12-16(18)17(14(4)6-2)15-10-8-7-9-11-15/h7-11,13-14,16-17H,5-6,12,18H2,1-4H3. The van der Waals surface area contributed by atoms with E-state index in [9.17, 15) is 0 Å². The SMILES string of the molecule is CCC(C)CC(N)C(c1ccccc1)C(C)CC. The minimum Gasteiger partial charge on any atom is -0.327 e. The summed E-state index contributed by atoms with van der Waals surface area (Å²) >= 11 is 0. The molecule has 102 valence electrons. The Hall–Kier alpha value is -0.820. The summed E-state index contributed by atoms with van der Waals surface area (Å²) in [5.41, 5.74) is 7.91. The Balaban J connectivity index is 2.85. The molecule has 0 radical (unpaired) electrons. The highest BCUT2D eigenvalue weighted by Gasteiger charge is 2.25. The van der Waals surface area contributed by atoms with Crippen molar-refractivity contribution >= 4 is 0 Å². The van der Waals surface area contributed by atoms with Crippen LogP contribution in [0.15, 0.2) is 30.3 Å². The largest absolute Gasteiger partial charge is 0.327 e. The third kappa shape index (κ3) is 4.13. The molecule has 0 fully saturated rings. The van der Waals surface area contributed by atoms with Gasteiger partial charge in [0.2, 0.25) is 0 Å². The lowest BCUT2D eigenvalue weighted by atomic mass is 9.77. The van der Waals surface area contributed by atoms with Crippen LogP contribution in [0.1, 0.15) is 58.4 Å². The second-order valence-electron chi connectivity index (χ2n) is 5.73. The van der Waals surface area contributed by atoms with Gasteiger partial charge < -0.3 is 5.73 Å². The van der Waals surface area contributed by atoms with Crippen molar-refractivity contribution in [2.24, 2.45) is 17.6 Å². The summed E-state index contributed by atoms with van der Waals surface area (Å²) in [5, 5.41) is 0. The van der Waals surface area contributed by atoms with E-state index in [1.54, 1.807) is 0 Å². The van der Waals surface area contributed by atoms with Crippen LogP contribution in [0.5, 0.6) is 0 Å². The zero-order chi connectivity index (χ0) is 13.5. The van der Waals surface area contributed by atoms with Gasteiger partial charge in [-0.25, -0.2) is 0 Å². The number of benzene rings is 1. The lowest BCUT2D eigenvalue weighted by molar-refractivity contribution is 0.332. The molecule has 1 rings (SSSR count). The Kier molecular flexibility index (Phi) is 6.42. The van der Waals surface area contributed by atoms with Gasteiger partial charge in [0.25, 0.3) is 0 Å². The van der Waals surface area contributed by atoms with Crippen LogP contribution >= 0.6 is 0 Å². The Morgan fingerprint density at radius 1 is 1.00 bits per heavy atom. The van der Waals surface area contributed by atoms with Gasteiger partial charge in [-0.1, -0.05) is 70.9 Å². The molecule has 1 heteroatoms. The van der Waals surface area contributed by atoms with Gasteiger partial charge in [-0.15, -0.1) is 0 Å². The average Bonchev–Trinajstić information content (AvgIpc) is 2.39. The zero-order valence-electron chi connectivity index (χ0n) is 12.4. The van der Waals surface area contributed by atoms with Crippen molar-refractivity contribution in [1.82, 2.24) is 0 Å². The molecule has 0 heterocycles. The summed E-state index contributed by atoms with van der Waals surface area (Å²) in [7, 11) is 0. The highest BCUT2D eigenvalue weighted by atomic mass is 14.7. The van der Waals surface area contributed by atoms with Crippen LogP contribution in [-0.4, -0.2) is 6.04 Å². The molecule has 0 saturated carbocycles. The molecule has 0 aliphatic rings. The van der Waals surface area contributed by atoms with Crippen molar-refractivity contribution in [3.8, 4) is 0 Å². The predicted molar refractivity (Wildman–Crippen MR) is 80.7 cm³/mol. The van der Waals surface area contributed by atoms with E-state index in [4.69, 9.17) is 5.73 Å². The molecule has 1 aromatic rings. The molecule has 4 atom stereocenters. The molecule has 0 saturated heterocycles. The topological polar surface area (TPSA) is 26.0 Å². The maximum atomic E-state index is 6.50. The maximum Gasteiger partial charge on any atom is 0.0113 e. The molecule has 1 aromatic carbocycles. The molecule has 1 nitrogen and oxygen atoms in total. The summed E-state index contributed by atoms with van der Waals surface area (Å²) in [6.07, 6.45) is 3.53. The molecule has 18 heavy (non-hydrogen) atoms. The molecule has 0 spiro atoms. The monoisotopic (exact) mass is 247 g/mol. The molecule has 4 unspecified atom stereocenters. The lowest BCUT2D eigenvalue weighted by Gasteiger charge is -2.31. The van der Waals surface area contributed by atoms with Gasteiger partial charge in [0.05, 0.1) is 0 Å². The van der Waals surface area contributed by atoms with Crippen LogP contribution in [0, 0.1) is 11.8 Å². The zero-order valence-corrected chi connectivity index (χ0v) is 12.4. The second kappa shape index (κ2) is 7.58. The van der Waals surface area contributed by atoms with E-state index >= 15 is 0 Å². The van der Waals surface area contributed by atoms with E-state index < -0.39 is 0 Å². The molecule has 0 bridgehead atoms. The third-order valence-electron chi connectivity index (χ3n) is 4.27. The summed E-state index contributed by atoms with van der Waals surface area (Å²) < 4.78 is 0. The van der Waals surface area contributed by atoms with Gasteiger partial charge in [-0.2, -0.15) is 0 Å². The first-order chi connectivity index (χ1) is 8.60. The van der Waals surface area contributed by atoms with E-state index in [0.717, 1.165) is 12.3 Å². The number of rotatable bonds is 7. The highest BCUT2D eigenvalue weighted by Crippen LogP contribution is 2.32. The van der Waals surface area contributed by atoms with Crippen molar-refractivity contribution in [3.05, 3.63) is 35.9 Å². The van der Waals surface area contributed by atoms with E-state index in [2.05, 4.69) is 58.0 Å². The second-order valence-corrected chi connectivity index (χ2v) is 5.73. The number of hydrogen-bond donors (Lipinski definition) is 1. The van der Waals surface area contributed by atoms with Gasteiger partial charge in [0.15, 0.2) is 0 Å². The lowest BCUT2D eigenvalue weighted by Crippen LogP contribution is -2.34. The first-order valence-electron chi connectivity index (χ1n) is 7.40. The fourth-order valence-corrected chi connectivity index (χ4v) is 2.70. The summed E-state index contributed by atoms with van der Waals surface area (Å²) in [6, 6.07) is 11.1. The Bertz CT molecular complexity index is 320. The smallest absolute Gasteiger partial charge is 0.0113 e. The molecule has 2 N–H and O–H groups in total. The van der Waals surface area contributed by atoms with Crippen LogP contribution < -0.4 is 5.73 Å². The Morgan fingerprint density at radius 2 is 1.61 bits per heavy atom. The molecule has 0 aromatic heterocycles. The van der Waals surface area contributed by atoms with Crippen LogP contribution in [0.2, 0.25) is 0 Å². The maximum absolute atomic E-state index is 6.50. The number of hydrogen-bond acceptors (Lipinski definition) is 1. The first-order valence-corrected chi connectivity index (χ1v) is 7.40. The van der Waals surface area contributed by atoms with Crippen LogP contribution in [-0.2, 0) is 0 Å². The van der Waals surface area contributed by atoms with Crippen LogP contribution in [0.4, 0.5) is 0 Å². The normalized spacial score (nSPS) is 18.1. The first kappa shape index (κ1) is 15.2. The van der Waals surface area contributed by atoms with Crippen molar-refractivity contribution < 1.29 is 0 Å². The van der Waals surface area contributed by atoms with Crippen molar-refractivity contribution in [2.75, 3.05) is 0 Å². The quantitative estimate of drug-likeness (QED) is 0.750. The summed E-state index contributed by atoms with van der Waals surface area (Å²) in [6.45, 7) is 9.14. The molecular formula is C17H29N. The van der Waals surface area contributed by atoms with Crippen molar-refractivity contribution in [3.63, 3.8) is 0 Å². The van der Waals surface area contributed by atoms with Gasteiger partial charge in [0.1, 0.15) is 0 Å². The Morgan fingerprint density at radius 3 is 2.11 bits per heavy atom. The summed E-state index contributed by atoms with van der Waals surface area (Å²) in [5.74, 6) is 1.85. The van der Waals surface area contributed by atoms with E-state index in [1.807, 2.05) is 0 Å². The minimum atomic E-state index is 0.275. The average molecular weight is 247 g/mol. The van der Waals surface area contributed by atoms with Crippen LogP contribution in [0.25, 0.3) is 0 Å². The predicted octanol–water partition coefficient (Wildman–Crippen LogP) is 4.58. The van der Waals surface area contributed by atoms with Crippen LogP contribution in [0.3, 0.4) is 0 Å². The molecular weight excluding hydrogens is 218 g/mol. The fraction of sp³-hybridized carbons (Fsp3) is 0.647. The molecule has 0 aliphatic carbocycles. The third-order valence-corrected chi connectivity index (χ3v) is 4.27. The van der Waals surface area contributed by atoms with Crippen molar-refractivity contribution in [1.29, 1.82) is 0 Å². The van der Waals surface area contributed by atoms with E-state index in [1.165, 1.54) is 18.4 Å². The fourth-order valence-electron chi connectivity index (χ4n) is 2.70. The minimum absolute atomic E-state index is 0.275. The van der Waals surface area contributed by atoms with E-state index in [0.29, 0.717) is 11.8 Å². The molecule has 0 aliphatic heterocycles. The number of nitrogens with two attached hydrogens (primary N) is 1. The van der Waals surface area contributed by atoms with E-state index in [-0.39, 0.29) is 6.04 Å². The van der Waals surface area contributed by atoms with Gasteiger partial charge in [0, 0.05) is 12.0 Å². The molecule has 0 amide bonds. The Labute approximate surface area is 113 Å². The summed E-state index contributed by atoms with van der Waals surface area (Å²) in [4.78, 5) is 0. The highest BCUT2D eigenvalue weighted by molar-refractivity contribution is 5.22. The van der Waals surface area contributed by atoms with Crippen molar-refractivity contribution in [2.45, 2.75) is 58.9 Å². The van der Waals surface area contributed by atoms with Gasteiger partial charge in [-0.05, 0) is 23.8 Å². The van der Waals surface area contributed by atoms with Gasteiger partial charge >= 0.3 is 0 Å². The van der Waals surface area contributed by atoms with Gasteiger partial charge in [-0.3, -0.25) is 0 Å².